The number of phenols is 1. The molecule has 1 amide bonds. The van der Waals surface area contributed by atoms with E-state index in [0.717, 1.165) is 11.1 Å². The van der Waals surface area contributed by atoms with Gasteiger partial charge in [-0.3, -0.25) is 4.79 Å². The summed E-state index contributed by atoms with van der Waals surface area (Å²) >= 11 is 0. The molecular formula is C16H15NO4. The van der Waals surface area contributed by atoms with Crippen molar-refractivity contribution in [3.8, 4) is 5.75 Å². The van der Waals surface area contributed by atoms with Crippen molar-refractivity contribution in [2.45, 2.75) is 13.5 Å². The zero-order chi connectivity index (χ0) is 15.4. The van der Waals surface area contributed by atoms with Crippen LogP contribution < -0.4 is 5.73 Å². The quantitative estimate of drug-likeness (QED) is 0.842. The number of nitrogens with two attached hydrogens (primary N) is 1. The average molecular weight is 285 g/mol. The first-order chi connectivity index (χ1) is 9.97. The van der Waals surface area contributed by atoms with Crippen molar-refractivity contribution in [2.24, 2.45) is 5.73 Å². The Morgan fingerprint density at radius 3 is 2.38 bits per heavy atom. The Balaban J connectivity index is 2.02. The van der Waals surface area contributed by atoms with Gasteiger partial charge < -0.3 is 15.6 Å². The maximum Gasteiger partial charge on any atom is 0.342 e. The Morgan fingerprint density at radius 2 is 1.81 bits per heavy atom. The molecule has 2 rings (SSSR count). The third-order valence-corrected chi connectivity index (χ3v) is 2.98. The average Bonchev–Trinajstić information content (AvgIpc) is 2.45. The number of carbonyl (C=O) groups is 2. The number of phenolic OH excluding ortho intramolecular Hbond substituents is 1. The van der Waals surface area contributed by atoms with Crippen molar-refractivity contribution < 1.29 is 19.4 Å². The molecule has 5 nitrogen and oxygen atoms in total. The van der Waals surface area contributed by atoms with Gasteiger partial charge in [-0.2, -0.15) is 0 Å². The van der Waals surface area contributed by atoms with Gasteiger partial charge in [0, 0.05) is 5.56 Å². The molecule has 0 aliphatic rings. The molecule has 0 saturated carbocycles. The van der Waals surface area contributed by atoms with E-state index in [0.29, 0.717) is 5.56 Å². The molecule has 0 heterocycles. The minimum absolute atomic E-state index is 0.0468. The monoisotopic (exact) mass is 285 g/mol. The Bertz CT molecular complexity index is 677. The van der Waals surface area contributed by atoms with Crippen molar-refractivity contribution in [1.29, 1.82) is 0 Å². The third-order valence-electron chi connectivity index (χ3n) is 2.98. The fraction of sp³-hybridized carbons (Fsp3) is 0.125. The molecule has 2 aromatic rings. The third kappa shape index (κ3) is 3.60. The number of carbonyl (C=O) groups excluding carboxylic acids is 2. The van der Waals surface area contributed by atoms with Crippen LogP contribution in [-0.2, 0) is 11.3 Å². The number of primary amides is 1. The van der Waals surface area contributed by atoms with Crippen molar-refractivity contribution in [1.82, 2.24) is 0 Å². The largest absolute Gasteiger partial charge is 0.507 e. The molecule has 0 unspecified atom stereocenters. The first kappa shape index (κ1) is 14.6. The van der Waals surface area contributed by atoms with E-state index in [1.165, 1.54) is 12.1 Å². The van der Waals surface area contributed by atoms with Gasteiger partial charge in [0.15, 0.2) is 0 Å². The topological polar surface area (TPSA) is 89.6 Å². The number of aromatic hydroxyl groups is 1. The minimum atomic E-state index is -0.605. The number of rotatable bonds is 4. The van der Waals surface area contributed by atoms with Crippen LogP contribution >= 0.6 is 0 Å². The predicted octanol–water partition coefficient (Wildman–Crippen LogP) is 2.16. The summed E-state index contributed by atoms with van der Waals surface area (Å²) in [4.78, 5) is 22.8. The smallest absolute Gasteiger partial charge is 0.342 e. The van der Waals surface area contributed by atoms with Gasteiger partial charge in [0.2, 0.25) is 5.91 Å². The second-order valence-electron chi connectivity index (χ2n) is 4.66. The van der Waals surface area contributed by atoms with Crippen molar-refractivity contribution >= 4 is 11.9 Å². The summed E-state index contributed by atoms with van der Waals surface area (Å²) in [5, 5.41) is 9.70. The van der Waals surface area contributed by atoms with Crippen LogP contribution in [0.2, 0.25) is 0 Å². The highest BCUT2D eigenvalue weighted by molar-refractivity contribution is 5.93. The summed E-state index contributed by atoms with van der Waals surface area (Å²) in [5.74, 6) is -1.22. The molecule has 0 radical (unpaired) electrons. The van der Waals surface area contributed by atoms with Gasteiger partial charge in [0.25, 0.3) is 0 Å². The van der Waals surface area contributed by atoms with Crippen molar-refractivity contribution in [3.63, 3.8) is 0 Å². The molecule has 2 aromatic carbocycles. The lowest BCUT2D eigenvalue weighted by Crippen LogP contribution is -2.11. The summed E-state index contributed by atoms with van der Waals surface area (Å²) in [5.41, 5.74) is 7.22. The summed E-state index contributed by atoms with van der Waals surface area (Å²) in [6, 6.07) is 11.2. The van der Waals surface area contributed by atoms with Crippen LogP contribution in [0.1, 0.15) is 31.8 Å². The maximum atomic E-state index is 11.9. The van der Waals surface area contributed by atoms with Crippen LogP contribution in [0.25, 0.3) is 0 Å². The number of hydrogen-bond acceptors (Lipinski definition) is 4. The van der Waals surface area contributed by atoms with Crippen LogP contribution in [0.15, 0.2) is 42.5 Å². The number of hydrogen-bond donors (Lipinski definition) is 2. The SMILES string of the molecule is Cc1ccc(C(=O)OCc2ccc(C(N)=O)cc2)c(O)c1. The molecule has 0 aliphatic carbocycles. The van der Waals surface area contributed by atoms with Crippen LogP contribution in [0.3, 0.4) is 0 Å². The molecule has 0 fully saturated rings. The second kappa shape index (κ2) is 6.09. The van der Waals surface area contributed by atoms with Gasteiger partial charge in [-0.1, -0.05) is 18.2 Å². The van der Waals surface area contributed by atoms with E-state index in [9.17, 15) is 14.7 Å². The molecule has 21 heavy (non-hydrogen) atoms. The lowest BCUT2D eigenvalue weighted by Gasteiger charge is -2.07. The molecule has 0 bridgehead atoms. The molecule has 0 atom stereocenters. The number of benzene rings is 2. The van der Waals surface area contributed by atoms with E-state index in [1.54, 1.807) is 30.3 Å². The first-order valence-corrected chi connectivity index (χ1v) is 6.33. The highest BCUT2D eigenvalue weighted by Gasteiger charge is 2.12. The Labute approximate surface area is 122 Å². The number of ether oxygens (including phenoxy) is 1. The van der Waals surface area contributed by atoms with E-state index in [2.05, 4.69) is 0 Å². The molecule has 0 aliphatic heterocycles. The summed E-state index contributed by atoms with van der Waals surface area (Å²) in [6.45, 7) is 1.86. The van der Waals surface area contributed by atoms with E-state index in [-0.39, 0.29) is 17.9 Å². The Kier molecular flexibility index (Phi) is 4.23. The summed E-state index contributed by atoms with van der Waals surface area (Å²) < 4.78 is 5.12. The van der Waals surface area contributed by atoms with E-state index in [1.807, 2.05) is 6.92 Å². The van der Waals surface area contributed by atoms with E-state index in [4.69, 9.17) is 10.5 Å². The maximum absolute atomic E-state index is 11.9. The second-order valence-corrected chi connectivity index (χ2v) is 4.66. The van der Waals surface area contributed by atoms with Crippen LogP contribution in [0.5, 0.6) is 5.75 Å². The standard InChI is InChI=1S/C16H15NO4/c1-10-2-7-13(14(18)8-10)16(20)21-9-11-3-5-12(6-4-11)15(17)19/h2-8,18H,9H2,1H3,(H2,17,19). The lowest BCUT2D eigenvalue weighted by atomic mass is 10.1. The van der Waals surface area contributed by atoms with E-state index >= 15 is 0 Å². The molecular weight excluding hydrogens is 270 g/mol. The molecule has 0 saturated heterocycles. The fourth-order valence-electron chi connectivity index (χ4n) is 1.81. The van der Waals surface area contributed by atoms with Crippen LogP contribution in [0, 0.1) is 6.92 Å². The Morgan fingerprint density at radius 1 is 1.14 bits per heavy atom. The molecule has 0 aromatic heterocycles. The van der Waals surface area contributed by atoms with Crippen LogP contribution in [-0.4, -0.2) is 17.0 Å². The number of amides is 1. The molecule has 0 spiro atoms. The highest BCUT2D eigenvalue weighted by Crippen LogP contribution is 2.19. The summed E-state index contributed by atoms with van der Waals surface area (Å²) in [7, 11) is 0. The predicted molar refractivity (Wildman–Crippen MR) is 76.9 cm³/mol. The van der Waals surface area contributed by atoms with Gasteiger partial charge in [0.05, 0.1) is 0 Å². The van der Waals surface area contributed by atoms with Gasteiger partial charge in [0.1, 0.15) is 17.9 Å². The van der Waals surface area contributed by atoms with Gasteiger partial charge >= 0.3 is 5.97 Å². The summed E-state index contributed by atoms with van der Waals surface area (Å²) in [6.07, 6.45) is 0. The van der Waals surface area contributed by atoms with E-state index < -0.39 is 11.9 Å². The normalized spacial score (nSPS) is 10.1. The highest BCUT2D eigenvalue weighted by atomic mass is 16.5. The van der Waals surface area contributed by atoms with Gasteiger partial charge in [-0.05, 0) is 42.3 Å². The zero-order valence-corrected chi connectivity index (χ0v) is 11.5. The fourth-order valence-corrected chi connectivity index (χ4v) is 1.81. The van der Waals surface area contributed by atoms with Gasteiger partial charge in [-0.25, -0.2) is 4.79 Å². The number of esters is 1. The van der Waals surface area contributed by atoms with Crippen LogP contribution in [0.4, 0.5) is 0 Å². The zero-order valence-electron chi connectivity index (χ0n) is 11.5. The van der Waals surface area contributed by atoms with Crippen molar-refractivity contribution in [3.05, 3.63) is 64.7 Å². The lowest BCUT2D eigenvalue weighted by molar-refractivity contribution is 0.0469. The number of aryl methyl sites for hydroxylation is 1. The molecule has 3 N–H and O–H groups in total. The van der Waals surface area contributed by atoms with Crippen molar-refractivity contribution in [2.75, 3.05) is 0 Å². The molecule has 5 heteroatoms. The first-order valence-electron chi connectivity index (χ1n) is 6.33. The minimum Gasteiger partial charge on any atom is -0.507 e. The van der Waals surface area contributed by atoms with Gasteiger partial charge in [-0.15, -0.1) is 0 Å². The molecule has 108 valence electrons. The Hall–Kier alpha value is -2.82.